The zero-order valence-corrected chi connectivity index (χ0v) is 23.6. The first-order valence-electron chi connectivity index (χ1n) is 12.6. The second-order valence-electron chi connectivity index (χ2n) is 11.3. The number of alkyl halides is 3. The standard InChI is InChI=1S/C15H15F3N2O2.C15H18N2O.CH4/c1-14(2,3)13-12(21)7-8-20(19-13)10-5-4-6-11(9-10)22-15(16,17)18;1-11-6-5-7-12(10-11)17-9-8-13(18)14(16-17)15(2,3)4;/h4-9H,1-3H3;5-10H,1-4H3;1H4. The number of halogens is 3. The third kappa shape index (κ3) is 9.16. The Morgan fingerprint density at radius 2 is 1.12 bits per heavy atom. The SMILES string of the molecule is C.CC(C)(C)c1nn(-c2cccc(OC(F)(F)F)c2)ccc1=O.Cc1cccc(-n2ccc(=O)c(C(C)(C)C)n2)c1. The van der Waals surface area contributed by atoms with Gasteiger partial charge in [-0.3, -0.25) is 9.59 Å². The van der Waals surface area contributed by atoms with Crippen LogP contribution in [0.25, 0.3) is 11.4 Å². The first-order chi connectivity index (χ1) is 18.4. The summed E-state index contributed by atoms with van der Waals surface area (Å²) < 4.78 is 43.8. The van der Waals surface area contributed by atoms with E-state index < -0.39 is 11.8 Å². The van der Waals surface area contributed by atoms with E-state index in [0.717, 1.165) is 5.69 Å². The van der Waals surface area contributed by atoms with Crippen molar-refractivity contribution in [2.75, 3.05) is 0 Å². The van der Waals surface area contributed by atoms with Crippen LogP contribution in [0.3, 0.4) is 0 Å². The summed E-state index contributed by atoms with van der Waals surface area (Å²) >= 11 is 0. The molecule has 0 radical (unpaired) electrons. The maximum absolute atomic E-state index is 12.3. The van der Waals surface area contributed by atoms with Gasteiger partial charge >= 0.3 is 6.36 Å². The number of hydrogen-bond donors (Lipinski definition) is 0. The highest BCUT2D eigenvalue weighted by molar-refractivity contribution is 5.39. The van der Waals surface area contributed by atoms with Crippen LogP contribution in [0.1, 0.15) is 65.9 Å². The van der Waals surface area contributed by atoms with Crippen LogP contribution in [0.5, 0.6) is 5.75 Å². The van der Waals surface area contributed by atoms with E-state index in [2.05, 4.69) is 14.9 Å². The van der Waals surface area contributed by atoms with Crippen molar-refractivity contribution < 1.29 is 17.9 Å². The lowest BCUT2D eigenvalue weighted by atomic mass is 9.92. The van der Waals surface area contributed by atoms with Crippen LogP contribution in [-0.2, 0) is 10.8 Å². The Bertz CT molecular complexity index is 1590. The summed E-state index contributed by atoms with van der Waals surface area (Å²) in [6.07, 6.45) is -1.64. The highest BCUT2D eigenvalue weighted by Crippen LogP contribution is 2.25. The molecular weight excluding hydrogens is 533 g/mol. The zero-order chi connectivity index (χ0) is 29.9. The Kier molecular flexibility index (Phi) is 10.1. The van der Waals surface area contributed by atoms with Gasteiger partial charge in [-0.2, -0.15) is 10.2 Å². The molecule has 0 atom stereocenters. The quantitative estimate of drug-likeness (QED) is 0.268. The molecule has 0 spiro atoms. The molecule has 2 aromatic heterocycles. The molecule has 0 bridgehead atoms. The third-order valence-electron chi connectivity index (χ3n) is 5.62. The molecule has 2 heterocycles. The monoisotopic (exact) mass is 570 g/mol. The predicted octanol–water partition coefficient (Wildman–Crippen LogP) is 6.90. The summed E-state index contributed by atoms with van der Waals surface area (Å²) in [5, 5.41) is 8.68. The van der Waals surface area contributed by atoms with E-state index in [1.165, 1.54) is 40.7 Å². The van der Waals surface area contributed by atoms with Gasteiger partial charge in [-0.15, -0.1) is 13.2 Å². The maximum atomic E-state index is 12.3. The average Bonchev–Trinajstić information content (AvgIpc) is 2.83. The van der Waals surface area contributed by atoms with Crippen LogP contribution in [0.15, 0.2) is 82.6 Å². The van der Waals surface area contributed by atoms with Crippen molar-refractivity contribution in [1.82, 2.24) is 19.6 Å². The molecule has 10 heteroatoms. The van der Waals surface area contributed by atoms with Gasteiger partial charge in [-0.1, -0.05) is 67.2 Å². The minimum atomic E-state index is -4.76. The van der Waals surface area contributed by atoms with Crippen LogP contribution < -0.4 is 15.6 Å². The first-order valence-corrected chi connectivity index (χ1v) is 12.6. The first kappa shape index (κ1) is 33.0. The summed E-state index contributed by atoms with van der Waals surface area (Å²) in [4.78, 5) is 23.7. The molecule has 2 aromatic carbocycles. The highest BCUT2D eigenvalue weighted by Gasteiger charge is 2.31. The van der Waals surface area contributed by atoms with E-state index in [9.17, 15) is 22.8 Å². The Morgan fingerprint density at radius 1 is 0.683 bits per heavy atom. The van der Waals surface area contributed by atoms with Gasteiger partial charge in [0.15, 0.2) is 0 Å². The lowest BCUT2D eigenvalue weighted by Crippen LogP contribution is -2.26. The molecule has 0 unspecified atom stereocenters. The Hall–Kier alpha value is -4.21. The van der Waals surface area contributed by atoms with Gasteiger partial charge in [0.2, 0.25) is 10.9 Å². The van der Waals surface area contributed by atoms with Crippen LogP contribution in [-0.4, -0.2) is 25.9 Å². The number of aryl methyl sites for hydroxylation is 1. The fraction of sp³-hybridized carbons (Fsp3) is 0.355. The fourth-order valence-corrected chi connectivity index (χ4v) is 3.74. The van der Waals surface area contributed by atoms with Gasteiger partial charge < -0.3 is 4.74 Å². The molecule has 4 aromatic rings. The Labute approximate surface area is 238 Å². The molecule has 220 valence electrons. The lowest BCUT2D eigenvalue weighted by Gasteiger charge is -2.18. The van der Waals surface area contributed by atoms with Crippen molar-refractivity contribution in [1.29, 1.82) is 0 Å². The second-order valence-corrected chi connectivity index (χ2v) is 11.3. The van der Waals surface area contributed by atoms with Crippen LogP contribution in [0, 0.1) is 6.92 Å². The van der Waals surface area contributed by atoms with Crippen LogP contribution in [0.2, 0.25) is 0 Å². The normalized spacial score (nSPS) is 11.7. The molecular formula is C31H37F3N4O3. The number of benzene rings is 2. The molecule has 0 aliphatic heterocycles. The van der Waals surface area contributed by atoms with E-state index in [1.807, 2.05) is 72.7 Å². The summed E-state index contributed by atoms with van der Waals surface area (Å²) in [6, 6.07) is 16.4. The summed E-state index contributed by atoms with van der Waals surface area (Å²) in [7, 11) is 0. The van der Waals surface area contributed by atoms with Crippen LogP contribution in [0.4, 0.5) is 13.2 Å². The van der Waals surface area contributed by atoms with E-state index in [1.54, 1.807) is 23.0 Å². The van der Waals surface area contributed by atoms with E-state index in [-0.39, 0.29) is 29.4 Å². The van der Waals surface area contributed by atoms with Crippen LogP contribution >= 0.6 is 0 Å². The van der Waals surface area contributed by atoms with Gasteiger partial charge in [0, 0.05) is 41.4 Å². The van der Waals surface area contributed by atoms with E-state index in [4.69, 9.17) is 0 Å². The van der Waals surface area contributed by atoms with Crippen molar-refractivity contribution in [3.05, 3.63) is 110 Å². The molecule has 7 nitrogen and oxygen atoms in total. The lowest BCUT2D eigenvalue weighted by molar-refractivity contribution is -0.274. The summed E-state index contributed by atoms with van der Waals surface area (Å²) in [5.41, 5.74) is 2.49. The summed E-state index contributed by atoms with van der Waals surface area (Å²) in [5.74, 6) is -0.345. The molecule has 0 N–H and O–H groups in total. The minimum absolute atomic E-state index is 0. The Morgan fingerprint density at radius 3 is 1.54 bits per heavy atom. The topological polar surface area (TPSA) is 79.0 Å². The van der Waals surface area contributed by atoms with Crippen molar-refractivity contribution in [3.8, 4) is 17.1 Å². The molecule has 0 saturated heterocycles. The molecule has 41 heavy (non-hydrogen) atoms. The third-order valence-corrected chi connectivity index (χ3v) is 5.62. The smallest absolute Gasteiger partial charge is 0.406 e. The summed E-state index contributed by atoms with van der Waals surface area (Å²) in [6.45, 7) is 13.5. The highest BCUT2D eigenvalue weighted by atomic mass is 19.4. The molecule has 0 amide bonds. The van der Waals surface area contributed by atoms with Crippen molar-refractivity contribution in [2.24, 2.45) is 0 Å². The van der Waals surface area contributed by atoms with Gasteiger partial charge in [0.1, 0.15) is 17.1 Å². The zero-order valence-electron chi connectivity index (χ0n) is 23.6. The van der Waals surface area contributed by atoms with E-state index in [0.29, 0.717) is 17.1 Å². The minimum Gasteiger partial charge on any atom is -0.406 e. The van der Waals surface area contributed by atoms with Gasteiger partial charge in [0.05, 0.1) is 11.4 Å². The number of nitrogens with zero attached hydrogens (tertiary/aromatic N) is 4. The molecule has 0 fully saturated rings. The number of rotatable bonds is 3. The van der Waals surface area contributed by atoms with Crippen molar-refractivity contribution >= 4 is 0 Å². The largest absolute Gasteiger partial charge is 0.573 e. The van der Waals surface area contributed by atoms with Gasteiger partial charge in [0.25, 0.3) is 0 Å². The van der Waals surface area contributed by atoms with E-state index >= 15 is 0 Å². The predicted molar refractivity (Wildman–Crippen MR) is 155 cm³/mol. The molecule has 0 aliphatic rings. The van der Waals surface area contributed by atoms with Crippen molar-refractivity contribution in [3.63, 3.8) is 0 Å². The Balaban J connectivity index is 0.000000285. The number of ether oxygens (including phenoxy) is 1. The van der Waals surface area contributed by atoms with Gasteiger partial charge in [-0.25, -0.2) is 9.36 Å². The number of aromatic nitrogens is 4. The van der Waals surface area contributed by atoms with Crippen molar-refractivity contribution in [2.45, 2.75) is 73.1 Å². The molecule has 4 rings (SSSR count). The van der Waals surface area contributed by atoms with Gasteiger partial charge in [-0.05, 0) is 36.8 Å². The average molecular weight is 571 g/mol. The fourth-order valence-electron chi connectivity index (χ4n) is 3.74. The second kappa shape index (κ2) is 12.5. The maximum Gasteiger partial charge on any atom is 0.573 e. The molecule has 0 saturated carbocycles. The number of hydrogen-bond acceptors (Lipinski definition) is 5. The molecule has 0 aliphatic carbocycles.